The van der Waals surface area contributed by atoms with Crippen LogP contribution in [-0.4, -0.2) is 41.9 Å². The predicted molar refractivity (Wildman–Crippen MR) is 78.9 cm³/mol. The second-order valence-corrected chi connectivity index (χ2v) is 5.84. The molecule has 0 amide bonds. The molecule has 0 saturated carbocycles. The van der Waals surface area contributed by atoms with Gasteiger partial charge in [0.2, 0.25) is 0 Å². The van der Waals surface area contributed by atoms with Gasteiger partial charge < -0.3 is 14.7 Å². The molecule has 1 aromatic heterocycles. The molecular formula is C15H25N3O2. The van der Waals surface area contributed by atoms with Gasteiger partial charge in [0.1, 0.15) is 5.82 Å². The molecule has 0 aromatic carbocycles. The van der Waals surface area contributed by atoms with Crippen molar-refractivity contribution in [3.05, 3.63) is 17.7 Å². The van der Waals surface area contributed by atoms with Crippen LogP contribution in [-0.2, 0) is 11.3 Å². The average molecular weight is 279 g/mol. The largest absolute Gasteiger partial charge is 0.390 e. The fourth-order valence-corrected chi connectivity index (χ4v) is 2.58. The van der Waals surface area contributed by atoms with Crippen LogP contribution in [0.5, 0.6) is 0 Å². The summed E-state index contributed by atoms with van der Waals surface area (Å²) in [7, 11) is 2.03. The van der Waals surface area contributed by atoms with Gasteiger partial charge in [0.05, 0.1) is 30.8 Å². The van der Waals surface area contributed by atoms with Gasteiger partial charge in [-0.25, -0.2) is 9.97 Å². The zero-order chi connectivity index (χ0) is 14.5. The lowest BCUT2D eigenvalue weighted by atomic mass is 10.0. The van der Waals surface area contributed by atoms with Crippen molar-refractivity contribution >= 4 is 5.69 Å². The summed E-state index contributed by atoms with van der Waals surface area (Å²) in [6.45, 7) is 6.68. The molecule has 1 aliphatic heterocycles. The first kappa shape index (κ1) is 15.2. The molecule has 2 heterocycles. The summed E-state index contributed by atoms with van der Waals surface area (Å²) < 4.78 is 5.52. The zero-order valence-corrected chi connectivity index (χ0v) is 12.7. The van der Waals surface area contributed by atoms with E-state index in [2.05, 4.69) is 28.7 Å². The third kappa shape index (κ3) is 3.67. The van der Waals surface area contributed by atoms with E-state index in [0.717, 1.165) is 37.7 Å². The van der Waals surface area contributed by atoms with Crippen LogP contribution >= 0.6 is 0 Å². The molecule has 20 heavy (non-hydrogen) atoms. The molecule has 0 radical (unpaired) electrons. The van der Waals surface area contributed by atoms with Gasteiger partial charge in [-0.1, -0.05) is 13.8 Å². The molecule has 2 rings (SSSR count). The number of aliphatic hydroxyl groups excluding tert-OH is 1. The molecule has 0 bridgehead atoms. The van der Waals surface area contributed by atoms with Crippen molar-refractivity contribution in [2.45, 2.75) is 39.2 Å². The summed E-state index contributed by atoms with van der Waals surface area (Å²) in [5.41, 5.74) is 1.63. The van der Waals surface area contributed by atoms with E-state index in [4.69, 9.17) is 4.74 Å². The van der Waals surface area contributed by atoms with Crippen molar-refractivity contribution in [2.24, 2.45) is 5.92 Å². The van der Waals surface area contributed by atoms with Crippen LogP contribution in [0.25, 0.3) is 0 Å². The normalized spacial score (nSPS) is 19.4. The molecule has 1 N–H and O–H groups in total. The van der Waals surface area contributed by atoms with E-state index in [0.29, 0.717) is 11.6 Å². The van der Waals surface area contributed by atoms with Gasteiger partial charge in [-0.3, -0.25) is 0 Å². The Kier molecular flexibility index (Phi) is 5.31. The quantitative estimate of drug-likeness (QED) is 0.893. The van der Waals surface area contributed by atoms with E-state index in [1.807, 2.05) is 13.2 Å². The predicted octanol–water partition coefficient (Wildman–Crippen LogP) is 1.96. The first-order valence-corrected chi connectivity index (χ1v) is 7.37. The van der Waals surface area contributed by atoms with Crippen LogP contribution < -0.4 is 4.90 Å². The maximum atomic E-state index is 9.54. The third-order valence-electron chi connectivity index (χ3n) is 3.73. The lowest BCUT2D eigenvalue weighted by Gasteiger charge is -2.29. The summed E-state index contributed by atoms with van der Waals surface area (Å²) in [6, 6.07) is 0. The molecule has 0 spiro atoms. The van der Waals surface area contributed by atoms with Crippen molar-refractivity contribution in [1.29, 1.82) is 0 Å². The number of rotatable bonds is 5. The van der Waals surface area contributed by atoms with Crippen LogP contribution in [0.3, 0.4) is 0 Å². The number of ether oxygens (including phenoxy) is 1. The highest BCUT2D eigenvalue weighted by Gasteiger charge is 2.18. The fourth-order valence-electron chi connectivity index (χ4n) is 2.58. The van der Waals surface area contributed by atoms with Gasteiger partial charge in [0.25, 0.3) is 0 Å². The lowest BCUT2D eigenvalue weighted by molar-refractivity contribution is 0.0576. The highest BCUT2D eigenvalue weighted by atomic mass is 16.5. The molecule has 1 saturated heterocycles. The Hall–Kier alpha value is -1.20. The molecule has 112 valence electrons. The molecule has 1 aliphatic rings. The smallest absolute Gasteiger partial charge is 0.131 e. The van der Waals surface area contributed by atoms with Crippen LogP contribution in [0.4, 0.5) is 5.69 Å². The number of hydrogen-bond donors (Lipinski definition) is 1. The van der Waals surface area contributed by atoms with Crippen molar-refractivity contribution in [3.63, 3.8) is 0 Å². The van der Waals surface area contributed by atoms with Crippen LogP contribution in [0.1, 0.15) is 44.1 Å². The minimum atomic E-state index is -0.0525. The Morgan fingerprint density at radius 2 is 2.30 bits per heavy atom. The third-order valence-corrected chi connectivity index (χ3v) is 3.73. The van der Waals surface area contributed by atoms with Gasteiger partial charge in [-0.2, -0.15) is 0 Å². The Morgan fingerprint density at radius 1 is 1.50 bits per heavy atom. The second-order valence-electron chi connectivity index (χ2n) is 5.84. The summed E-state index contributed by atoms with van der Waals surface area (Å²) in [4.78, 5) is 11.0. The number of aliphatic hydroxyl groups is 1. The van der Waals surface area contributed by atoms with Crippen LogP contribution in [0, 0.1) is 5.92 Å². The summed E-state index contributed by atoms with van der Waals surface area (Å²) in [5, 5.41) is 9.54. The first-order chi connectivity index (χ1) is 9.61. The van der Waals surface area contributed by atoms with Gasteiger partial charge in [0, 0.05) is 26.1 Å². The molecule has 5 heteroatoms. The number of nitrogens with zero attached hydrogens (tertiary/aromatic N) is 3. The summed E-state index contributed by atoms with van der Waals surface area (Å²) >= 11 is 0. The highest BCUT2D eigenvalue weighted by molar-refractivity contribution is 5.48. The standard InChI is InChI=1S/C15H25N3O2/c1-11(2)15-16-7-14(13(9-19)17-15)18(3)8-12-5-4-6-20-10-12/h7,11-12,19H,4-6,8-10H2,1-3H3. The van der Waals surface area contributed by atoms with Crippen molar-refractivity contribution in [3.8, 4) is 0 Å². The Morgan fingerprint density at radius 3 is 2.90 bits per heavy atom. The first-order valence-electron chi connectivity index (χ1n) is 7.37. The van der Waals surface area contributed by atoms with E-state index in [-0.39, 0.29) is 12.5 Å². The van der Waals surface area contributed by atoms with E-state index in [9.17, 15) is 5.11 Å². The van der Waals surface area contributed by atoms with Crippen molar-refractivity contribution in [1.82, 2.24) is 9.97 Å². The number of aromatic nitrogens is 2. The molecule has 1 aromatic rings. The Bertz CT molecular complexity index is 431. The van der Waals surface area contributed by atoms with Crippen LogP contribution in [0.15, 0.2) is 6.20 Å². The van der Waals surface area contributed by atoms with Crippen molar-refractivity contribution < 1.29 is 9.84 Å². The van der Waals surface area contributed by atoms with Gasteiger partial charge in [-0.15, -0.1) is 0 Å². The molecule has 1 unspecified atom stereocenters. The molecular weight excluding hydrogens is 254 g/mol. The molecule has 0 aliphatic carbocycles. The molecule has 1 atom stereocenters. The maximum absolute atomic E-state index is 9.54. The van der Waals surface area contributed by atoms with Gasteiger partial charge >= 0.3 is 0 Å². The maximum Gasteiger partial charge on any atom is 0.131 e. The topological polar surface area (TPSA) is 58.5 Å². The average Bonchev–Trinajstić information content (AvgIpc) is 2.47. The van der Waals surface area contributed by atoms with E-state index >= 15 is 0 Å². The summed E-state index contributed by atoms with van der Waals surface area (Å²) in [5.74, 6) is 1.60. The Balaban J connectivity index is 2.09. The van der Waals surface area contributed by atoms with E-state index in [1.165, 1.54) is 6.42 Å². The van der Waals surface area contributed by atoms with Gasteiger partial charge in [-0.05, 0) is 18.8 Å². The summed E-state index contributed by atoms with van der Waals surface area (Å²) in [6.07, 6.45) is 4.16. The number of anilines is 1. The van der Waals surface area contributed by atoms with E-state index < -0.39 is 0 Å². The fraction of sp³-hybridized carbons (Fsp3) is 0.733. The molecule has 1 fully saturated rings. The zero-order valence-electron chi connectivity index (χ0n) is 12.7. The molecule has 5 nitrogen and oxygen atoms in total. The van der Waals surface area contributed by atoms with E-state index in [1.54, 1.807) is 0 Å². The highest BCUT2D eigenvalue weighted by Crippen LogP contribution is 2.22. The second kappa shape index (κ2) is 6.99. The Labute approximate surface area is 121 Å². The minimum absolute atomic E-state index is 0.0525. The monoisotopic (exact) mass is 279 g/mol. The minimum Gasteiger partial charge on any atom is -0.390 e. The van der Waals surface area contributed by atoms with Crippen molar-refractivity contribution in [2.75, 3.05) is 31.7 Å². The SMILES string of the molecule is CC(C)c1ncc(N(C)CC2CCCOC2)c(CO)n1. The number of hydrogen-bond acceptors (Lipinski definition) is 5. The lowest BCUT2D eigenvalue weighted by Crippen LogP contribution is -2.31. The van der Waals surface area contributed by atoms with Crippen LogP contribution in [0.2, 0.25) is 0 Å². The van der Waals surface area contributed by atoms with Gasteiger partial charge in [0.15, 0.2) is 0 Å².